The van der Waals surface area contributed by atoms with Crippen LogP contribution in [0.5, 0.6) is 0 Å². The Morgan fingerprint density at radius 2 is 1.93 bits per heavy atom. The zero-order valence-corrected chi connectivity index (χ0v) is 18.5. The van der Waals surface area contributed by atoms with Crippen LogP contribution in [0.3, 0.4) is 0 Å². The lowest BCUT2D eigenvalue weighted by molar-refractivity contribution is -0.132. The van der Waals surface area contributed by atoms with Crippen molar-refractivity contribution >= 4 is 29.0 Å². The highest BCUT2D eigenvalue weighted by atomic mass is 35.5. The molecule has 0 spiro atoms. The van der Waals surface area contributed by atoms with Gasteiger partial charge in [0, 0.05) is 18.8 Å². The lowest BCUT2D eigenvalue weighted by atomic mass is 9.52. The highest BCUT2D eigenvalue weighted by Gasteiger charge is 2.57. The molecule has 0 saturated heterocycles. The molecule has 0 aliphatic heterocycles. The molecule has 30 heavy (non-hydrogen) atoms. The molecule has 4 aliphatic carbocycles. The van der Waals surface area contributed by atoms with Crippen molar-refractivity contribution in [3.63, 3.8) is 0 Å². The van der Waals surface area contributed by atoms with E-state index in [-0.39, 0.29) is 11.7 Å². The number of rotatable bonds is 4. The fraction of sp³-hybridized carbons (Fsp3) is 0.565. The molecule has 4 bridgehead atoms. The third-order valence-electron chi connectivity index (χ3n) is 7.52. The number of carbonyl (C=O) groups excluding carboxylic acids is 1. The van der Waals surface area contributed by atoms with E-state index in [1.807, 2.05) is 7.05 Å². The van der Waals surface area contributed by atoms with Crippen molar-refractivity contribution < 1.29 is 9.90 Å². The lowest BCUT2D eigenvalue weighted by Gasteiger charge is -2.60. The second-order valence-corrected chi connectivity index (χ2v) is 10.2. The van der Waals surface area contributed by atoms with Crippen LogP contribution in [0.2, 0.25) is 5.02 Å². The van der Waals surface area contributed by atoms with Gasteiger partial charge in [-0.2, -0.15) is 5.10 Å². The van der Waals surface area contributed by atoms with Gasteiger partial charge >= 0.3 is 0 Å². The predicted molar refractivity (Wildman–Crippen MR) is 117 cm³/mol. The number of anilines is 2. The molecule has 3 N–H and O–H groups in total. The van der Waals surface area contributed by atoms with Crippen LogP contribution in [0.4, 0.5) is 11.5 Å². The van der Waals surface area contributed by atoms with Gasteiger partial charge in [-0.05, 0) is 75.3 Å². The number of aliphatic hydroxyl groups is 1. The average Bonchev–Trinajstić information content (AvgIpc) is 2.92. The number of benzene rings is 1. The van der Waals surface area contributed by atoms with Crippen LogP contribution in [0, 0.1) is 31.6 Å². The molecular weight excluding hydrogens is 400 g/mol. The minimum absolute atomic E-state index is 0.103. The van der Waals surface area contributed by atoms with Crippen LogP contribution in [0.15, 0.2) is 18.2 Å². The fourth-order valence-electron chi connectivity index (χ4n) is 6.78. The summed E-state index contributed by atoms with van der Waals surface area (Å²) in [4.78, 5) is 14.2. The van der Waals surface area contributed by atoms with E-state index in [9.17, 15) is 9.90 Å². The minimum Gasteiger partial charge on any atom is -0.390 e. The first-order chi connectivity index (χ1) is 14.2. The predicted octanol–water partition coefficient (Wildman–Crippen LogP) is 3.87. The summed E-state index contributed by atoms with van der Waals surface area (Å²) in [6.07, 6.45) is 4.84. The number of halogens is 1. The highest BCUT2D eigenvalue weighted by molar-refractivity contribution is 6.36. The number of nitrogens with zero attached hydrogens (tertiary/aromatic N) is 3. The Morgan fingerprint density at radius 3 is 2.47 bits per heavy atom. The van der Waals surface area contributed by atoms with Gasteiger partial charge in [0.1, 0.15) is 5.02 Å². The van der Waals surface area contributed by atoms with Crippen LogP contribution in [0.25, 0.3) is 0 Å². The second-order valence-electron chi connectivity index (χ2n) is 9.82. The normalized spacial score (nSPS) is 31.9. The Kier molecular flexibility index (Phi) is 4.46. The van der Waals surface area contributed by atoms with Crippen LogP contribution >= 0.6 is 11.6 Å². The van der Waals surface area contributed by atoms with Crippen molar-refractivity contribution in [3.8, 4) is 0 Å². The summed E-state index contributed by atoms with van der Waals surface area (Å²) in [6, 6.07) is 6.62. The van der Waals surface area contributed by atoms with E-state index >= 15 is 0 Å². The van der Waals surface area contributed by atoms with E-state index in [1.54, 1.807) is 4.68 Å². The first kappa shape index (κ1) is 19.9. The van der Waals surface area contributed by atoms with Gasteiger partial charge < -0.3 is 15.7 Å². The van der Waals surface area contributed by atoms with Crippen LogP contribution < -0.4 is 10.6 Å². The van der Waals surface area contributed by atoms with Gasteiger partial charge in [-0.15, -0.1) is 0 Å². The van der Waals surface area contributed by atoms with E-state index in [2.05, 4.69) is 42.0 Å². The molecule has 2 unspecified atom stereocenters. The van der Waals surface area contributed by atoms with Gasteiger partial charge in [0.05, 0.1) is 5.60 Å². The summed E-state index contributed by atoms with van der Waals surface area (Å²) in [5.41, 5.74) is 8.56. The number of aromatic nitrogens is 2. The SMILES string of the molecule is Cc1ccc(N(c2c(Cl)c(C(N)=O)nn2C)C2C3CC4CC2CC(O)(C4)C3)c(C)c1. The molecule has 160 valence electrons. The summed E-state index contributed by atoms with van der Waals surface area (Å²) in [5, 5.41) is 15.7. The topological polar surface area (TPSA) is 84.4 Å². The molecule has 2 aromatic rings. The molecule has 1 aromatic carbocycles. The summed E-state index contributed by atoms with van der Waals surface area (Å²) in [6.45, 7) is 4.19. The molecule has 4 aliphatic rings. The number of nitrogens with two attached hydrogens (primary N) is 1. The molecule has 6 rings (SSSR count). The molecular formula is C23H29ClN4O2. The standard InChI is InChI=1S/C23H29ClN4O2/c1-12-4-5-17(13(2)6-12)28(22-18(24)19(21(25)29)26-27(22)3)20-15-7-14-8-16(20)11-23(30,9-14)10-15/h4-6,14-16,20,30H,7-11H2,1-3H3,(H2,25,29). The van der Waals surface area contributed by atoms with E-state index in [1.165, 1.54) is 5.56 Å². The molecule has 4 fully saturated rings. The van der Waals surface area contributed by atoms with Crippen molar-refractivity contribution in [1.82, 2.24) is 9.78 Å². The molecule has 1 heterocycles. The minimum atomic E-state index is -0.623. The van der Waals surface area contributed by atoms with Gasteiger partial charge in [0.15, 0.2) is 11.5 Å². The van der Waals surface area contributed by atoms with Gasteiger partial charge in [0.25, 0.3) is 5.91 Å². The Morgan fingerprint density at radius 1 is 1.27 bits per heavy atom. The fourth-order valence-corrected chi connectivity index (χ4v) is 7.12. The Labute approximate surface area is 182 Å². The number of aryl methyl sites for hydroxylation is 3. The van der Waals surface area contributed by atoms with Crippen molar-refractivity contribution in [3.05, 3.63) is 40.0 Å². The van der Waals surface area contributed by atoms with Gasteiger partial charge in [-0.3, -0.25) is 9.48 Å². The Balaban J connectivity index is 1.68. The lowest BCUT2D eigenvalue weighted by Crippen LogP contribution is -2.61. The van der Waals surface area contributed by atoms with Gasteiger partial charge in [-0.1, -0.05) is 29.3 Å². The summed E-state index contributed by atoms with van der Waals surface area (Å²) >= 11 is 6.72. The quantitative estimate of drug-likeness (QED) is 0.774. The van der Waals surface area contributed by atoms with Crippen LogP contribution in [-0.4, -0.2) is 32.4 Å². The first-order valence-electron chi connectivity index (χ1n) is 10.8. The van der Waals surface area contributed by atoms with Gasteiger partial charge in [-0.25, -0.2) is 0 Å². The maximum absolute atomic E-state index is 11.9. The molecule has 2 atom stereocenters. The maximum atomic E-state index is 11.9. The largest absolute Gasteiger partial charge is 0.390 e. The summed E-state index contributed by atoms with van der Waals surface area (Å²) in [5.74, 6) is 1.45. The molecule has 1 amide bonds. The summed E-state index contributed by atoms with van der Waals surface area (Å²) in [7, 11) is 1.81. The maximum Gasteiger partial charge on any atom is 0.270 e. The average molecular weight is 429 g/mol. The van der Waals surface area contributed by atoms with E-state index in [0.717, 1.165) is 43.4 Å². The number of amides is 1. The molecule has 1 aromatic heterocycles. The van der Waals surface area contributed by atoms with Gasteiger partial charge in [0.2, 0.25) is 0 Å². The van der Waals surface area contributed by atoms with Crippen molar-refractivity contribution in [2.75, 3.05) is 4.90 Å². The van der Waals surface area contributed by atoms with E-state index in [0.29, 0.717) is 28.6 Å². The van der Waals surface area contributed by atoms with Crippen LogP contribution in [0.1, 0.15) is 53.7 Å². The number of hydrogen-bond donors (Lipinski definition) is 2. The molecule has 4 saturated carbocycles. The third-order valence-corrected chi connectivity index (χ3v) is 7.87. The third kappa shape index (κ3) is 2.95. The number of hydrogen-bond acceptors (Lipinski definition) is 4. The summed E-state index contributed by atoms with van der Waals surface area (Å²) < 4.78 is 1.68. The van der Waals surface area contributed by atoms with E-state index < -0.39 is 11.5 Å². The first-order valence-corrected chi connectivity index (χ1v) is 11.2. The zero-order chi connectivity index (χ0) is 21.4. The molecule has 0 radical (unpaired) electrons. The second kappa shape index (κ2) is 6.72. The smallest absolute Gasteiger partial charge is 0.270 e. The zero-order valence-electron chi connectivity index (χ0n) is 17.7. The van der Waals surface area contributed by atoms with Crippen molar-refractivity contribution in [1.29, 1.82) is 0 Å². The highest BCUT2D eigenvalue weighted by Crippen LogP contribution is 2.58. The number of primary amides is 1. The Bertz CT molecular complexity index is 1020. The molecule has 6 nitrogen and oxygen atoms in total. The van der Waals surface area contributed by atoms with Crippen molar-refractivity contribution in [2.45, 2.75) is 57.6 Å². The van der Waals surface area contributed by atoms with E-state index in [4.69, 9.17) is 17.3 Å². The number of carbonyl (C=O) groups is 1. The Hall–Kier alpha value is -2.05. The monoisotopic (exact) mass is 428 g/mol. The molecule has 7 heteroatoms. The van der Waals surface area contributed by atoms with Crippen LogP contribution in [-0.2, 0) is 7.05 Å². The van der Waals surface area contributed by atoms with Crippen molar-refractivity contribution in [2.24, 2.45) is 30.5 Å².